The van der Waals surface area contributed by atoms with Crippen LogP contribution >= 0.6 is 35.0 Å². The Morgan fingerprint density at radius 3 is 2.46 bits per heavy atom. The highest BCUT2D eigenvalue weighted by Gasteiger charge is 2.34. The van der Waals surface area contributed by atoms with Gasteiger partial charge in [-0.25, -0.2) is 15.0 Å². The molecule has 0 radical (unpaired) electrons. The van der Waals surface area contributed by atoms with Gasteiger partial charge in [-0.05, 0) is 66.9 Å². The molecule has 3 aromatic rings. The Labute approximate surface area is 253 Å². The fourth-order valence-electron chi connectivity index (χ4n) is 4.35. The normalized spacial score (nSPS) is 13.4. The lowest BCUT2D eigenvalue weighted by atomic mass is 10.1. The van der Waals surface area contributed by atoms with Crippen molar-refractivity contribution in [3.63, 3.8) is 0 Å². The smallest absolute Gasteiger partial charge is 0.339 e. The number of carbonyl (C=O) groups is 3. The number of halogens is 2. The van der Waals surface area contributed by atoms with Gasteiger partial charge >= 0.3 is 12.0 Å². The molecule has 1 aliphatic rings. The number of anilines is 2. The van der Waals surface area contributed by atoms with Gasteiger partial charge in [-0.15, -0.1) is 11.8 Å². The first-order valence-electron chi connectivity index (χ1n) is 13.3. The summed E-state index contributed by atoms with van der Waals surface area (Å²) in [6.07, 6.45) is 4.84. The van der Waals surface area contributed by atoms with Crippen molar-refractivity contribution < 1.29 is 19.5 Å². The number of benzene rings is 3. The fourth-order valence-corrected chi connectivity index (χ4v) is 5.59. The first-order chi connectivity index (χ1) is 19.8. The molecule has 3 N–H and O–H groups in total. The highest BCUT2D eigenvalue weighted by molar-refractivity contribution is 7.99. The van der Waals surface area contributed by atoms with E-state index >= 15 is 0 Å². The van der Waals surface area contributed by atoms with Crippen molar-refractivity contribution in [2.75, 3.05) is 22.5 Å². The van der Waals surface area contributed by atoms with Gasteiger partial charge in [0.15, 0.2) is 5.71 Å². The zero-order valence-electron chi connectivity index (χ0n) is 22.5. The number of nitrogens with one attached hydrogen (secondary N) is 2. The minimum Gasteiger partial charge on any atom is -0.478 e. The van der Waals surface area contributed by atoms with Gasteiger partial charge < -0.3 is 15.3 Å². The molecule has 3 amide bonds. The number of thioether (sulfide) groups is 1. The predicted molar refractivity (Wildman–Crippen MR) is 166 cm³/mol. The van der Waals surface area contributed by atoms with Crippen LogP contribution in [0.25, 0.3) is 0 Å². The first-order valence-corrected chi connectivity index (χ1v) is 15.0. The Morgan fingerprint density at radius 1 is 0.976 bits per heavy atom. The molecule has 8 nitrogen and oxygen atoms in total. The van der Waals surface area contributed by atoms with Crippen LogP contribution in [0.4, 0.5) is 16.2 Å². The largest absolute Gasteiger partial charge is 0.478 e. The molecule has 0 saturated carbocycles. The number of carbonyl (C=O) groups excluding carboxylic acids is 2. The van der Waals surface area contributed by atoms with Crippen LogP contribution in [0.2, 0.25) is 10.0 Å². The highest BCUT2D eigenvalue weighted by Crippen LogP contribution is 2.34. The van der Waals surface area contributed by atoms with E-state index in [9.17, 15) is 14.4 Å². The van der Waals surface area contributed by atoms with Crippen molar-refractivity contribution in [2.45, 2.75) is 43.9 Å². The number of fused-ring (bicyclic) bond motifs is 1. The molecule has 0 spiro atoms. The van der Waals surface area contributed by atoms with Gasteiger partial charge in [-0.2, -0.15) is 5.10 Å². The molecule has 4 rings (SSSR count). The molecule has 0 bridgehead atoms. The molecule has 0 unspecified atom stereocenters. The Morgan fingerprint density at radius 2 is 1.76 bits per heavy atom. The number of carboxylic acid groups (broad SMARTS) is 1. The van der Waals surface area contributed by atoms with Gasteiger partial charge in [-0.1, -0.05) is 61.5 Å². The molecule has 214 valence electrons. The van der Waals surface area contributed by atoms with E-state index < -0.39 is 12.0 Å². The van der Waals surface area contributed by atoms with Crippen LogP contribution in [-0.4, -0.2) is 41.0 Å². The molecule has 0 aromatic heterocycles. The van der Waals surface area contributed by atoms with Crippen molar-refractivity contribution in [1.82, 2.24) is 5.43 Å². The van der Waals surface area contributed by atoms with Gasteiger partial charge in [0.25, 0.3) is 5.91 Å². The maximum atomic E-state index is 13.4. The van der Waals surface area contributed by atoms with E-state index in [2.05, 4.69) is 22.8 Å². The number of hydrogen-bond donors (Lipinski definition) is 3. The van der Waals surface area contributed by atoms with Crippen LogP contribution in [0.5, 0.6) is 0 Å². The quantitative estimate of drug-likeness (QED) is 0.111. The Balaban J connectivity index is 1.47. The number of hydrazone groups is 1. The fraction of sp³-hybridized carbons (Fsp3) is 0.267. The molecule has 0 atom stereocenters. The third kappa shape index (κ3) is 8.03. The van der Waals surface area contributed by atoms with Crippen LogP contribution < -0.4 is 15.6 Å². The van der Waals surface area contributed by atoms with Gasteiger partial charge in [0.05, 0.1) is 21.3 Å². The van der Waals surface area contributed by atoms with E-state index in [0.29, 0.717) is 27.8 Å². The topological polar surface area (TPSA) is 111 Å². The van der Waals surface area contributed by atoms with E-state index in [1.807, 2.05) is 30.3 Å². The summed E-state index contributed by atoms with van der Waals surface area (Å²) in [5.41, 5.74) is 5.77. The van der Waals surface area contributed by atoms with Gasteiger partial charge in [0, 0.05) is 28.4 Å². The third-order valence-corrected chi connectivity index (χ3v) is 8.24. The van der Waals surface area contributed by atoms with E-state index in [-0.39, 0.29) is 17.2 Å². The van der Waals surface area contributed by atoms with Crippen LogP contribution in [0.3, 0.4) is 0 Å². The summed E-state index contributed by atoms with van der Waals surface area (Å²) in [4.78, 5) is 39.7. The number of unbranched alkanes of at least 4 members (excludes halogenated alkanes) is 3. The summed E-state index contributed by atoms with van der Waals surface area (Å²) in [6, 6.07) is 16.8. The third-order valence-electron chi connectivity index (χ3n) is 6.50. The number of hydrogen-bond acceptors (Lipinski definition) is 5. The zero-order valence-corrected chi connectivity index (χ0v) is 24.8. The average molecular weight is 614 g/mol. The second kappa shape index (κ2) is 14.4. The lowest BCUT2D eigenvalue weighted by molar-refractivity contribution is -0.112. The molecule has 11 heteroatoms. The van der Waals surface area contributed by atoms with Crippen molar-refractivity contribution in [3.8, 4) is 0 Å². The summed E-state index contributed by atoms with van der Waals surface area (Å²) in [5, 5.41) is 16.6. The number of amides is 3. The van der Waals surface area contributed by atoms with E-state index in [1.54, 1.807) is 40.9 Å². The second-order valence-corrected chi connectivity index (χ2v) is 11.4. The molecule has 0 fully saturated rings. The number of aryl methyl sites for hydroxylation is 1. The molecule has 3 aromatic carbocycles. The molecule has 41 heavy (non-hydrogen) atoms. The Kier molecular flexibility index (Phi) is 10.7. The molecule has 0 aliphatic carbocycles. The number of nitrogens with zero attached hydrogens (tertiary/aromatic N) is 2. The molecule has 1 heterocycles. The van der Waals surface area contributed by atoms with Crippen molar-refractivity contribution in [1.29, 1.82) is 0 Å². The summed E-state index contributed by atoms with van der Waals surface area (Å²) in [6.45, 7) is 2.71. The Hall–Kier alpha value is -3.53. The lowest BCUT2D eigenvalue weighted by Gasteiger charge is -2.17. The maximum absolute atomic E-state index is 13.4. The molecule has 1 aliphatic heterocycles. The van der Waals surface area contributed by atoms with Crippen LogP contribution in [-0.2, 0) is 11.2 Å². The highest BCUT2D eigenvalue weighted by atomic mass is 35.5. The number of urea groups is 1. The predicted octanol–water partition coefficient (Wildman–Crippen LogP) is 7.48. The maximum Gasteiger partial charge on any atom is 0.339 e. The van der Waals surface area contributed by atoms with Crippen molar-refractivity contribution in [3.05, 3.63) is 87.4 Å². The first kappa shape index (κ1) is 30.4. The Bertz CT molecular complexity index is 1460. The minimum absolute atomic E-state index is 0.173. The summed E-state index contributed by atoms with van der Waals surface area (Å²) >= 11 is 13.6. The zero-order chi connectivity index (χ0) is 29.4. The molecular weight excluding hydrogens is 583 g/mol. The van der Waals surface area contributed by atoms with Crippen LogP contribution in [0.15, 0.2) is 70.7 Å². The monoisotopic (exact) mass is 612 g/mol. The number of aromatic carboxylic acids is 1. The average Bonchev–Trinajstić information content (AvgIpc) is 3.21. The minimum atomic E-state index is -0.947. The van der Waals surface area contributed by atoms with Crippen LogP contribution in [0.1, 0.15) is 54.1 Å². The number of rotatable bonds is 12. The van der Waals surface area contributed by atoms with E-state index in [1.165, 1.54) is 6.07 Å². The summed E-state index contributed by atoms with van der Waals surface area (Å²) in [5.74, 6) is -0.444. The van der Waals surface area contributed by atoms with E-state index in [0.717, 1.165) is 54.0 Å². The van der Waals surface area contributed by atoms with Gasteiger partial charge in [0.2, 0.25) is 0 Å². The molecule has 0 saturated heterocycles. The summed E-state index contributed by atoms with van der Waals surface area (Å²) < 4.78 is 0. The number of carboxylic acids is 1. The summed E-state index contributed by atoms with van der Waals surface area (Å²) in [7, 11) is 0. The van der Waals surface area contributed by atoms with E-state index in [4.69, 9.17) is 28.3 Å². The van der Waals surface area contributed by atoms with Crippen molar-refractivity contribution in [2.24, 2.45) is 5.10 Å². The van der Waals surface area contributed by atoms with Gasteiger partial charge in [0.1, 0.15) is 0 Å². The SMILES string of the molecule is CCCCCCN1C(=O)C(=NNC(=O)Nc2ccc(Cl)c(Cl)c2)c2cc(SCCc3ccc(C(=O)O)cc3)ccc21. The second-order valence-electron chi connectivity index (χ2n) is 9.45. The molecular formula is C30H30Cl2N4O4S. The van der Waals surface area contributed by atoms with Crippen molar-refractivity contribution >= 4 is 70.0 Å². The standard InChI is InChI=1S/C30H30Cl2N4O4S/c1-2-3-4-5-15-36-26-13-11-22(41-16-14-19-6-8-20(9-7-19)29(38)39)18-23(26)27(28(36)37)34-35-30(40)33-21-10-12-24(31)25(32)17-21/h6-13,17-18H,2-5,14-16H2,1H3,(H,38,39)(H2,33,35,40). The van der Waals surface area contributed by atoms with Gasteiger partial charge in [-0.3, -0.25) is 4.79 Å². The lowest BCUT2D eigenvalue weighted by Crippen LogP contribution is -2.33. The van der Waals surface area contributed by atoms with Crippen LogP contribution in [0, 0.1) is 0 Å².